The maximum Gasteiger partial charge on any atom is 0.252 e. The Morgan fingerprint density at radius 2 is 2.00 bits per heavy atom. The smallest absolute Gasteiger partial charge is 0.252 e. The van der Waals surface area contributed by atoms with E-state index in [2.05, 4.69) is 15.4 Å². The minimum absolute atomic E-state index is 0.0116. The van der Waals surface area contributed by atoms with E-state index in [-0.39, 0.29) is 18.3 Å². The average molecular weight is 315 g/mol. The van der Waals surface area contributed by atoms with Crippen LogP contribution in [-0.4, -0.2) is 40.4 Å². The lowest BCUT2D eigenvalue weighted by molar-refractivity contribution is -0.121. The number of amides is 1. The van der Waals surface area contributed by atoms with Gasteiger partial charge in [-0.2, -0.15) is 5.26 Å². The molecule has 0 saturated heterocycles. The number of nitrogens with one attached hydrogen (secondary N) is 1. The van der Waals surface area contributed by atoms with Crippen LogP contribution in [0.25, 0.3) is 0 Å². The summed E-state index contributed by atoms with van der Waals surface area (Å²) in [6, 6.07) is 9.08. The van der Waals surface area contributed by atoms with Crippen molar-refractivity contribution in [2.45, 2.75) is 13.5 Å². The van der Waals surface area contributed by atoms with Crippen LogP contribution in [0.1, 0.15) is 12.7 Å². The minimum Gasteiger partial charge on any atom is -0.494 e. The van der Waals surface area contributed by atoms with Gasteiger partial charge in [0.05, 0.1) is 13.2 Å². The van der Waals surface area contributed by atoms with Gasteiger partial charge in [0.25, 0.3) is 5.82 Å². The van der Waals surface area contributed by atoms with Crippen LogP contribution in [0, 0.1) is 11.3 Å². The molecule has 120 valence electrons. The Balaban J connectivity index is 1.66. The number of hydrogen-bond acceptors (Lipinski definition) is 6. The Hall–Kier alpha value is -3.08. The predicted molar refractivity (Wildman–Crippen MR) is 80.9 cm³/mol. The third-order valence-electron chi connectivity index (χ3n) is 2.77. The summed E-state index contributed by atoms with van der Waals surface area (Å²) in [5.41, 5.74) is 0. The Morgan fingerprint density at radius 1 is 1.30 bits per heavy atom. The summed E-state index contributed by atoms with van der Waals surface area (Å²) in [7, 11) is 0. The van der Waals surface area contributed by atoms with Crippen molar-refractivity contribution in [3.8, 4) is 17.6 Å². The van der Waals surface area contributed by atoms with Gasteiger partial charge in [0.15, 0.2) is 0 Å². The highest BCUT2D eigenvalue weighted by molar-refractivity contribution is 5.75. The molecular weight excluding hydrogens is 298 g/mol. The van der Waals surface area contributed by atoms with Gasteiger partial charge in [0.1, 0.15) is 37.0 Å². The number of rotatable bonds is 8. The van der Waals surface area contributed by atoms with Crippen molar-refractivity contribution in [1.82, 2.24) is 20.1 Å². The molecule has 1 amide bonds. The van der Waals surface area contributed by atoms with Gasteiger partial charge in [-0.25, -0.2) is 9.67 Å². The summed E-state index contributed by atoms with van der Waals surface area (Å²) in [4.78, 5) is 15.4. The lowest BCUT2D eigenvalue weighted by Crippen LogP contribution is -2.31. The summed E-state index contributed by atoms with van der Waals surface area (Å²) in [6.45, 7) is 3.27. The molecule has 2 aromatic rings. The van der Waals surface area contributed by atoms with Crippen LogP contribution < -0.4 is 14.8 Å². The molecule has 8 nitrogen and oxygen atoms in total. The number of ether oxygens (including phenoxy) is 2. The number of nitriles is 1. The van der Waals surface area contributed by atoms with Gasteiger partial charge in [0.2, 0.25) is 5.91 Å². The fourth-order valence-electron chi connectivity index (χ4n) is 1.78. The second-order valence-electron chi connectivity index (χ2n) is 4.48. The van der Waals surface area contributed by atoms with E-state index < -0.39 is 0 Å². The van der Waals surface area contributed by atoms with E-state index in [0.717, 1.165) is 5.75 Å². The second kappa shape index (κ2) is 8.38. The first-order valence-corrected chi connectivity index (χ1v) is 7.13. The van der Waals surface area contributed by atoms with E-state index >= 15 is 0 Å². The highest BCUT2D eigenvalue weighted by Gasteiger charge is 2.05. The fraction of sp³-hybridized carbons (Fsp3) is 0.333. The van der Waals surface area contributed by atoms with Crippen molar-refractivity contribution in [3.63, 3.8) is 0 Å². The fourth-order valence-corrected chi connectivity index (χ4v) is 1.78. The van der Waals surface area contributed by atoms with Gasteiger partial charge in [-0.3, -0.25) is 4.79 Å². The molecule has 1 heterocycles. The van der Waals surface area contributed by atoms with Crippen LogP contribution in [0.4, 0.5) is 0 Å². The molecule has 1 N–H and O–H groups in total. The van der Waals surface area contributed by atoms with Gasteiger partial charge in [-0.1, -0.05) is 0 Å². The molecule has 0 bridgehead atoms. The third-order valence-corrected chi connectivity index (χ3v) is 2.77. The lowest BCUT2D eigenvalue weighted by atomic mass is 10.3. The van der Waals surface area contributed by atoms with E-state index in [1.807, 2.05) is 31.2 Å². The standard InChI is InChI=1S/C15H17N5O3/c1-2-22-12-3-5-13(6-4-12)23-8-7-17-15(21)10-20-11-18-14(9-16)19-20/h3-6,11H,2,7-8,10H2,1H3,(H,17,21). The van der Waals surface area contributed by atoms with Crippen molar-refractivity contribution in [2.24, 2.45) is 0 Å². The molecule has 0 fully saturated rings. The van der Waals surface area contributed by atoms with Crippen molar-refractivity contribution in [3.05, 3.63) is 36.4 Å². The van der Waals surface area contributed by atoms with Crippen LogP contribution in [0.3, 0.4) is 0 Å². The zero-order valence-electron chi connectivity index (χ0n) is 12.7. The van der Waals surface area contributed by atoms with Gasteiger partial charge in [0, 0.05) is 0 Å². The quantitative estimate of drug-likeness (QED) is 0.721. The molecule has 1 aromatic heterocycles. The van der Waals surface area contributed by atoms with E-state index in [1.54, 1.807) is 6.07 Å². The van der Waals surface area contributed by atoms with Crippen molar-refractivity contribution >= 4 is 5.91 Å². The second-order valence-corrected chi connectivity index (χ2v) is 4.48. The molecule has 0 saturated carbocycles. The van der Waals surface area contributed by atoms with E-state index in [4.69, 9.17) is 14.7 Å². The number of nitrogens with zero attached hydrogens (tertiary/aromatic N) is 4. The zero-order valence-corrected chi connectivity index (χ0v) is 12.7. The molecular formula is C15H17N5O3. The number of carbonyl (C=O) groups is 1. The Labute approximate surface area is 133 Å². The topological polar surface area (TPSA) is 102 Å². The largest absolute Gasteiger partial charge is 0.494 e. The molecule has 0 aliphatic rings. The highest BCUT2D eigenvalue weighted by Crippen LogP contribution is 2.17. The Bertz CT molecular complexity index is 675. The van der Waals surface area contributed by atoms with Crippen LogP contribution in [-0.2, 0) is 11.3 Å². The molecule has 0 unspecified atom stereocenters. The summed E-state index contributed by atoms with van der Waals surface area (Å²) >= 11 is 0. The highest BCUT2D eigenvalue weighted by atomic mass is 16.5. The van der Waals surface area contributed by atoms with Crippen LogP contribution >= 0.6 is 0 Å². The SMILES string of the molecule is CCOc1ccc(OCCNC(=O)Cn2cnc(C#N)n2)cc1. The molecule has 0 radical (unpaired) electrons. The molecule has 0 aliphatic carbocycles. The molecule has 2 rings (SSSR count). The molecule has 0 aliphatic heterocycles. The number of carbonyl (C=O) groups excluding carboxylic acids is 1. The van der Waals surface area contributed by atoms with Gasteiger partial charge in [-0.15, -0.1) is 5.10 Å². The first kappa shape index (κ1) is 16.3. The summed E-state index contributed by atoms with van der Waals surface area (Å²) in [5, 5.41) is 15.1. The number of benzene rings is 1. The average Bonchev–Trinajstić information content (AvgIpc) is 3.01. The number of aromatic nitrogens is 3. The van der Waals surface area contributed by atoms with E-state index in [0.29, 0.717) is 25.5 Å². The van der Waals surface area contributed by atoms with E-state index in [1.165, 1.54) is 11.0 Å². The molecule has 0 atom stereocenters. The maximum atomic E-state index is 11.7. The number of hydrogen-bond donors (Lipinski definition) is 1. The predicted octanol–water partition coefficient (Wildman–Crippen LogP) is 0.744. The van der Waals surface area contributed by atoms with E-state index in [9.17, 15) is 4.79 Å². The zero-order chi connectivity index (χ0) is 16.5. The molecule has 8 heteroatoms. The normalized spacial score (nSPS) is 9.91. The molecule has 0 spiro atoms. The monoisotopic (exact) mass is 315 g/mol. The first-order valence-electron chi connectivity index (χ1n) is 7.13. The summed E-state index contributed by atoms with van der Waals surface area (Å²) < 4.78 is 12.2. The van der Waals surface area contributed by atoms with Crippen LogP contribution in [0.15, 0.2) is 30.6 Å². The first-order chi connectivity index (χ1) is 11.2. The third kappa shape index (κ3) is 5.32. The van der Waals surface area contributed by atoms with Gasteiger partial charge < -0.3 is 14.8 Å². The molecule has 23 heavy (non-hydrogen) atoms. The molecule has 1 aromatic carbocycles. The lowest BCUT2D eigenvalue weighted by Gasteiger charge is -2.08. The van der Waals surface area contributed by atoms with Crippen LogP contribution in [0.2, 0.25) is 0 Å². The summed E-state index contributed by atoms with van der Waals surface area (Å²) in [5.74, 6) is 1.31. The maximum absolute atomic E-state index is 11.7. The van der Waals surface area contributed by atoms with Gasteiger partial charge >= 0.3 is 0 Å². The van der Waals surface area contributed by atoms with Crippen molar-refractivity contribution in [1.29, 1.82) is 5.26 Å². The van der Waals surface area contributed by atoms with Crippen molar-refractivity contribution < 1.29 is 14.3 Å². The van der Waals surface area contributed by atoms with Crippen LogP contribution in [0.5, 0.6) is 11.5 Å². The van der Waals surface area contributed by atoms with Crippen molar-refractivity contribution in [2.75, 3.05) is 19.8 Å². The minimum atomic E-state index is -0.227. The Kier molecular flexibility index (Phi) is 5.94. The Morgan fingerprint density at radius 3 is 2.61 bits per heavy atom. The van der Waals surface area contributed by atoms with Gasteiger partial charge in [-0.05, 0) is 31.2 Å². The summed E-state index contributed by atoms with van der Waals surface area (Å²) in [6.07, 6.45) is 1.34.